The van der Waals surface area contributed by atoms with Gasteiger partial charge < -0.3 is 15.0 Å². The standard InChI is InChI=1S/C15H20N2O3/c1-3-4-5-9-16-15(19)11-7-6-8-12-14(11)20-10-13(18)17(12)2/h6-8H,3-5,9-10H2,1-2H3,(H,16,19). The van der Waals surface area contributed by atoms with E-state index in [9.17, 15) is 9.59 Å². The van der Waals surface area contributed by atoms with E-state index in [4.69, 9.17) is 4.74 Å². The third-order valence-electron chi connectivity index (χ3n) is 3.38. The number of anilines is 1. The van der Waals surface area contributed by atoms with E-state index in [2.05, 4.69) is 12.2 Å². The van der Waals surface area contributed by atoms with Gasteiger partial charge in [0, 0.05) is 13.6 Å². The van der Waals surface area contributed by atoms with E-state index < -0.39 is 0 Å². The first-order valence-corrected chi connectivity index (χ1v) is 6.95. The van der Waals surface area contributed by atoms with Crippen LogP contribution in [0.1, 0.15) is 36.5 Å². The summed E-state index contributed by atoms with van der Waals surface area (Å²) in [7, 11) is 1.69. The second kappa shape index (κ2) is 6.41. The number of nitrogens with one attached hydrogen (secondary N) is 1. The summed E-state index contributed by atoms with van der Waals surface area (Å²) >= 11 is 0. The zero-order valence-electron chi connectivity index (χ0n) is 11.9. The number of amides is 2. The molecule has 108 valence electrons. The molecule has 0 atom stereocenters. The van der Waals surface area contributed by atoms with Gasteiger partial charge in [0.15, 0.2) is 12.4 Å². The number of para-hydroxylation sites is 1. The Bertz CT molecular complexity index is 514. The van der Waals surface area contributed by atoms with Crippen LogP contribution in [0.4, 0.5) is 5.69 Å². The van der Waals surface area contributed by atoms with E-state index in [1.54, 1.807) is 25.2 Å². The summed E-state index contributed by atoms with van der Waals surface area (Å²) in [4.78, 5) is 25.3. The van der Waals surface area contributed by atoms with Crippen LogP contribution in [0, 0.1) is 0 Å². The predicted octanol–water partition coefficient (Wildman–Crippen LogP) is 1.96. The van der Waals surface area contributed by atoms with Crippen LogP contribution >= 0.6 is 0 Å². The van der Waals surface area contributed by atoms with Gasteiger partial charge in [-0.3, -0.25) is 9.59 Å². The molecule has 2 amide bonds. The van der Waals surface area contributed by atoms with Gasteiger partial charge in [-0.05, 0) is 18.6 Å². The molecule has 0 aromatic heterocycles. The first kappa shape index (κ1) is 14.4. The molecular weight excluding hydrogens is 256 g/mol. The molecule has 0 unspecified atom stereocenters. The SMILES string of the molecule is CCCCCNC(=O)c1cccc2c1OCC(=O)N2C. The first-order valence-electron chi connectivity index (χ1n) is 6.95. The third-order valence-corrected chi connectivity index (χ3v) is 3.38. The minimum atomic E-state index is -0.152. The molecule has 0 radical (unpaired) electrons. The van der Waals surface area contributed by atoms with Crippen LogP contribution in [-0.4, -0.2) is 32.0 Å². The molecule has 0 aliphatic carbocycles. The zero-order chi connectivity index (χ0) is 14.5. The number of unbranched alkanes of at least 4 members (excludes halogenated alkanes) is 2. The lowest BCUT2D eigenvalue weighted by Gasteiger charge is -2.27. The molecule has 1 aliphatic heterocycles. The van der Waals surface area contributed by atoms with Gasteiger partial charge in [-0.15, -0.1) is 0 Å². The quantitative estimate of drug-likeness (QED) is 0.836. The molecule has 0 saturated carbocycles. The van der Waals surface area contributed by atoms with E-state index in [1.807, 2.05) is 0 Å². The van der Waals surface area contributed by atoms with Gasteiger partial charge in [0.1, 0.15) is 0 Å². The van der Waals surface area contributed by atoms with Crippen molar-refractivity contribution >= 4 is 17.5 Å². The number of hydrogen-bond donors (Lipinski definition) is 1. The maximum Gasteiger partial charge on any atom is 0.264 e. The molecule has 1 aromatic rings. The van der Waals surface area contributed by atoms with Gasteiger partial charge in [-0.1, -0.05) is 25.8 Å². The summed E-state index contributed by atoms with van der Waals surface area (Å²) in [6, 6.07) is 5.26. The van der Waals surface area contributed by atoms with Crippen LogP contribution in [0.25, 0.3) is 0 Å². The van der Waals surface area contributed by atoms with Gasteiger partial charge in [-0.2, -0.15) is 0 Å². The number of carbonyl (C=O) groups excluding carboxylic acids is 2. The van der Waals surface area contributed by atoms with Crippen LogP contribution in [0.15, 0.2) is 18.2 Å². The molecule has 5 heteroatoms. The van der Waals surface area contributed by atoms with Gasteiger partial charge >= 0.3 is 0 Å². The lowest BCUT2D eigenvalue weighted by molar-refractivity contribution is -0.121. The molecule has 20 heavy (non-hydrogen) atoms. The zero-order valence-corrected chi connectivity index (χ0v) is 11.9. The number of hydrogen-bond acceptors (Lipinski definition) is 3. The fourth-order valence-electron chi connectivity index (χ4n) is 2.16. The first-order chi connectivity index (χ1) is 9.65. The summed E-state index contributed by atoms with van der Waals surface area (Å²) in [5, 5.41) is 2.89. The summed E-state index contributed by atoms with van der Waals surface area (Å²) in [5.74, 6) is 0.223. The van der Waals surface area contributed by atoms with Crippen molar-refractivity contribution < 1.29 is 14.3 Å². The smallest absolute Gasteiger partial charge is 0.264 e. The highest BCUT2D eigenvalue weighted by Crippen LogP contribution is 2.34. The van der Waals surface area contributed by atoms with E-state index in [1.165, 1.54) is 4.90 Å². The Kier molecular flexibility index (Phi) is 4.61. The topological polar surface area (TPSA) is 58.6 Å². The van der Waals surface area contributed by atoms with E-state index in [0.717, 1.165) is 19.3 Å². The van der Waals surface area contributed by atoms with E-state index >= 15 is 0 Å². The van der Waals surface area contributed by atoms with Crippen molar-refractivity contribution in [2.45, 2.75) is 26.2 Å². The van der Waals surface area contributed by atoms with Crippen molar-refractivity contribution in [3.63, 3.8) is 0 Å². The summed E-state index contributed by atoms with van der Waals surface area (Å²) < 4.78 is 5.43. The highest BCUT2D eigenvalue weighted by atomic mass is 16.5. The summed E-state index contributed by atoms with van der Waals surface area (Å²) in [6.07, 6.45) is 3.18. The van der Waals surface area contributed by atoms with Crippen LogP contribution in [0.3, 0.4) is 0 Å². The maximum absolute atomic E-state index is 12.2. The van der Waals surface area contributed by atoms with Crippen molar-refractivity contribution in [3.8, 4) is 5.75 Å². The van der Waals surface area contributed by atoms with E-state index in [0.29, 0.717) is 23.5 Å². The van der Waals surface area contributed by atoms with Gasteiger partial charge in [0.05, 0.1) is 11.3 Å². The van der Waals surface area contributed by atoms with Crippen LogP contribution in [0.2, 0.25) is 0 Å². The van der Waals surface area contributed by atoms with Crippen molar-refractivity contribution in [2.75, 3.05) is 25.1 Å². The highest BCUT2D eigenvalue weighted by Gasteiger charge is 2.26. The molecule has 5 nitrogen and oxygen atoms in total. The van der Waals surface area contributed by atoms with Gasteiger partial charge in [0.2, 0.25) is 0 Å². The summed E-state index contributed by atoms with van der Waals surface area (Å²) in [5.41, 5.74) is 1.13. The molecule has 2 rings (SSSR count). The Labute approximate surface area is 118 Å². The molecule has 0 bridgehead atoms. The third kappa shape index (κ3) is 2.92. The number of nitrogens with zero attached hydrogens (tertiary/aromatic N) is 1. The second-order valence-electron chi connectivity index (χ2n) is 4.86. The molecule has 0 spiro atoms. The van der Waals surface area contributed by atoms with Crippen LogP contribution < -0.4 is 15.0 Å². The van der Waals surface area contributed by atoms with Crippen LogP contribution in [0.5, 0.6) is 5.75 Å². The fraction of sp³-hybridized carbons (Fsp3) is 0.467. The van der Waals surface area contributed by atoms with Gasteiger partial charge in [-0.25, -0.2) is 0 Å². The Morgan fingerprint density at radius 1 is 1.40 bits per heavy atom. The number of carbonyl (C=O) groups is 2. The molecule has 1 heterocycles. The van der Waals surface area contributed by atoms with Crippen LogP contribution in [-0.2, 0) is 4.79 Å². The lowest BCUT2D eigenvalue weighted by atomic mass is 10.1. The summed E-state index contributed by atoms with van der Waals surface area (Å²) in [6.45, 7) is 2.75. The Morgan fingerprint density at radius 2 is 2.20 bits per heavy atom. The molecular formula is C15H20N2O3. The minimum absolute atomic E-state index is 0.0242. The molecule has 1 aromatic carbocycles. The molecule has 1 N–H and O–H groups in total. The predicted molar refractivity (Wildman–Crippen MR) is 77.2 cm³/mol. The monoisotopic (exact) mass is 276 g/mol. The highest BCUT2D eigenvalue weighted by molar-refractivity contribution is 6.03. The fourth-order valence-corrected chi connectivity index (χ4v) is 2.16. The maximum atomic E-state index is 12.2. The number of benzene rings is 1. The number of ether oxygens (including phenoxy) is 1. The minimum Gasteiger partial charge on any atom is -0.481 e. The Hall–Kier alpha value is -2.04. The molecule has 0 saturated heterocycles. The average Bonchev–Trinajstić information content (AvgIpc) is 2.47. The van der Waals surface area contributed by atoms with Crippen molar-refractivity contribution in [3.05, 3.63) is 23.8 Å². The largest absolute Gasteiger partial charge is 0.481 e. The van der Waals surface area contributed by atoms with Crippen molar-refractivity contribution in [2.24, 2.45) is 0 Å². The average molecular weight is 276 g/mol. The molecule has 0 fully saturated rings. The normalized spacial score (nSPS) is 13.7. The second-order valence-corrected chi connectivity index (χ2v) is 4.86. The number of likely N-dealkylation sites (N-methyl/N-ethyl adjacent to an activating group) is 1. The number of rotatable bonds is 5. The van der Waals surface area contributed by atoms with E-state index in [-0.39, 0.29) is 18.4 Å². The number of fused-ring (bicyclic) bond motifs is 1. The van der Waals surface area contributed by atoms with Crippen molar-refractivity contribution in [1.82, 2.24) is 5.32 Å². The molecule has 1 aliphatic rings. The van der Waals surface area contributed by atoms with Gasteiger partial charge in [0.25, 0.3) is 11.8 Å². The van der Waals surface area contributed by atoms with Crippen molar-refractivity contribution in [1.29, 1.82) is 0 Å². The Balaban J connectivity index is 2.13. The Morgan fingerprint density at radius 3 is 2.95 bits per heavy atom. The lowest BCUT2D eigenvalue weighted by Crippen LogP contribution is -2.36.